The predicted molar refractivity (Wildman–Crippen MR) is 107 cm³/mol. The first-order valence-electron chi connectivity index (χ1n) is 9.59. The van der Waals surface area contributed by atoms with Gasteiger partial charge in [0, 0.05) is 37.8 Å². The highest BCUT2D eigenvalue weighted by Gasteiger charge is 2.34. The van der Waals surface area contributed by atoms with Gasteiger partial charge in [0.2, 0.25) is 5.91 Å². The van der Waals surface area contributed by atoms with Gasteiger partial charge in [0.05, 0.1) is 11.5 Å². The molecule has 0 aromatic heterocycles. The highest BCUT2D eigenvalue weighted by Crippen LogP contribution is 2.23. The zero-order valence-electron chi connectivity index (χ0n) is 16.4. The Kier molecular flexibility index (Phi) is 7.09. The number of carbonyl (C=O) groups excluding carboxylic acids is 1. The van der Waals surface area contributed by atoms with E-state index < -0.39 is 9.84 Å². The fourth-order valence-corrected chi connectivity index (χ4v) is 5.24. The Labute approximate surface area is 158 Å². The summed E-state index contributed by atoms with van der Waals surface area (Å²) in [6.07, 6.45) is 0.998. The molecular weight excluding hydrogens is 348 g/mol. The Hall–Kier alpha value is -1.56. The van der Waals surface area contributed by atoms with Gasteiger partial charge < -0.3 is 9.80 Å². The summed E-state index contributed by atoms with van der Waals surface area (Å²) in [6.45, 7) is 10.7. The van der Waals surface area contributed by atoms with Crippen LogP contribution in [0, 0.1) is 5.92 Å². The molecule has 1 atom stereocenters. The lowest BCUT2D eigenvalue weighted by molar-refractivity contribution is -0.134. The van der Waals surface area contributed by atoms with Gasteiger partial charge >= 0.3 is 0 Å². The second-order valence-corrected chi connectivity index (χ2v) is 9.74. The van der Waals surface area contributed by atoms with Crippen LogP contribution in [-0.4, -0.2) is 49.9 Å². The summed E-state index contributed by atoms with van der Waals surface area (Å²) in [5.74, 6) is 0.584. The Morgan fingerprint density at radius 1 is 1.15 bits per heavy atom. The van der Waals surface area contributed by atoms with E-state index in [1.165, 1.54) is 5.69 Å². The van der Waals surface area contributed by atoms with E-state index in [1.807, 2.05) is 26.0 Å². The SMILES string of the molecule is CCN(CC)c1ccc(CN(C(=O)CC(C)C)[C@H]2CCS(=O)(=O)C2)cc1. The first-order valence-corrected chi connectivity index (χ1v) is 11.4. The molecule has 0 spiro atoms. The third-order valence-electron chi connectivity index (χ3n) is 4.97. The lowest BCUT2D eigenvalue weighted by Gasteiger charge is -2.29. The van der Waals surface area contributed by atoms with Crippen LogP contribution in [0.4, 0.5) is 5.69 Å². The monoisotopic (exact) mass is 380 g/mol. The standard InChI is InChI=1S/C20H32N2O3S/c1-5-21(6-2)18-9-7-17(8-10-18)14-22(20(23)13-16(3)4)19-11-12-26(24,25)15-19/h7-10,16,19H,5-6,11-15H2,1-4H3/t19-/m0/s1. The van der Waals surface area contributed by atoms with Gasteiger partial charge in [0.15, 0.2) is 9.84 Å². The van der Waals surface area contributed by atoms with Crippen LogP contribution in [0.1, 0.15) is 46.1 Å². The van der Waals surface area contributed by atoms with Crippen LogP contribution >= 0.6 is 0 Å². The molecule has 1 aliphatic rings. The first kappa shape index (κ1) is 20.7. The number of anilines is 1. The van der Waals surface area contributed by atoms with Crippen LogP contribution < -0.4 is 4.90 Å². The Morgan fingerprint density at radius 2 is 1.77 bits per heavy atom. The van der Waals surface area contributed by atoms with Crippen LogP contribution in [0.25, 0.3) is 0 Å². The molecule has 1 amide bonds. The summed E-state index contributed by atoms with van der Waals surface area (Å²) in [4.78, 5) is 16.8. The highest BCUT2D eigenvalue weighted by molar-refractivity contribution is 7.91. The molecule has 2 rings (SSSR count). The van der Waals surface area contributed by atoms with Crippen molar-refractivity contribution in [3.63, 3.8) is 0 Å². The molecule has 1 heterocycles. The van der Waals surface area contributed by atoms with Crippen molar-refractivity contribution in [1.29, 1.82) is 0 Å². The molecular formula is C20H32N2O3S. The zero-order valence-corrected chi connectivity index (χ0v) is 17.3. The van der Waals surface area contributed by atoms with E-state index in [0.29, 0.717) is 19.4 Å². The molecule has 1 aromatic carbocycles. The van der Waals surface area contributed by atoms with E-state index in [2.05, 4.69) is 30.9 Å². The van der Waals surface area contributed by atoms with Gasteiger partial charge in [-0.1, -0.05) is 26.0 Å². The van der Waals surface area contributed by atoms with Crippen LogP contribution in [0.5, 0.6) is 0 Å². The Bertz CT molecular complexity index is 694. The van der Waals surface area contributed by atoms with E-state index in [-0.39, 0.29) is 29.4 Å². The summed E-state index contributed by atoms with van der Waals surface area (Å²) < 4.78 is 23.8. The van der Waals surface area contributed by atoms with E-state index in [1.54, 1.807) is 4.90 Å². The smallest absolute Gasteiger partial charge is 0.223 e. The highest BCUT2D eigenvalue weighted by atomic mass is 32.2. The molecule has 1 saturated heterocycles. The van der Waals surface area contributed by atoms with Crippen LogP contribution in [0.3, 0.4) is 0 Å². The quantitative estimate of drug-likeness (QED) is 0.695. The topological polar surface area (TPSA) is 57.7 Å². The number of nitrogens with zero attached hydrogens (tertiary/aromatic N) is 2. The molecule has 5 nitrogen and oxygen atoms in total. The summed E-state index contributed by atoms with van der Waals surface area (Å²) in [5, 5.41) is 0. The maximum atomic E-state index is 12.7. The summed E-state index contributed by atoms with van der Waals surface area (Å²) in [7, 11) is -3.02. The van der Waals surface area contributed by atoms with Crippen molar-refractivity contribution in [2.24, 2.45) is 5.92 Å². The number of benzene rings is 1. The number of amides is 1. The van der Waals surface area contributed by atoms with Crippen molar-refractivity contribution in [3.8, 4) is 0 Å². The molecule has 26 heavy (non-hydrogen) atoms. The van der Waals surface area contributed by atoms with Crippen LogP contribution in [-0.2, 0) is 21.2 Å². The first-order chi connectivity index (χ1) is 12.3. The van der Waals surface area contributed by atoms with Crippen molar-refractivity contribution in [2.45, 2.75) is 53.1 Å². The van der Waals surface area contributed by atoms with Gasteiger partial charge in [-0.2, -0.15) is 0 Å². The largest absolute Gasteiger partial charge is 0.372 e. The molecule has 6 heteroatoms. The number of hydrogen-bond donors (Lipinski definition) is 0. The average Bonchev–Trinajstić information content (AvgIpc) is 2.94. The van der Waals surface area contributed by atoms with Gasteiger partial charge in [-0.15, -0.1) is 0 Å². The van der Waals surface area contributed by atoms with Gasteiger partial charge in [-0.3, -0.25) is 4.79 Å². The van der Waals surface area contributed by atoms with Crippen LogP contribution in [0.15, 0.2) is 24.3 Å². The van der Waals surface area contributed by atoms with E-state index in [0.717, 1.165) is 18.7 Å². The normalized spacial score (nSPS) is 18.9. The minimum absolute atomic E-state index is 0.0509. The van der Waals surface area contributed by atoms with Crippen molar-refractivity contribution in [3.05, 3.63) is 29.8 Å². The number of sulfone groups is 1. The van der Waals surface area contributed by atoms with Crippen molar-refractivity contribution < 1.29 is 13.2 Å². The molecule has 1 fully saturated rings. The molecule has 0 radical (unpaired) electrons. The van der Waals surface area contributed by atoms with Crippen LogP contribution in [0.2, 0.25) is 0 Å². The predicted octanol–water partition coefficient (Wildman–Crippen LogP) is 3.09. The van der Waals surface area contributed by atoms with Gasteiger partial charge in [0.1, 0.15) is 0 Å². The number of carbonyl (C=O) groups is 1. The second-order valence-electron chi connectivity index (χ2n) is 7.52. The minimum Gasteiger partial charge on any atom is -0.372 e. The molecule has 0 bridgehead atoms. The third kappa shape index (κ3) is 5.47. The zero-order chi connectivity index (χ0) is 19.3. The number of rotatable bonds is 8. The third-order valence-corrected chi connectivity index (χ3v) is 6.72. The lowest BCUT2D eigenvalue weighted by Crippen LogP contribution is -2.41. The summed E-state index contributed by atoms with van der Waals surface area (Å²) >= 11 is 0. The lowest BCUT2D eigenvalue weighted by atomic mass is 10.1. The minimum atomic E-state index is -3.02. The van der Waals surface area contributed by atoms with E-state index in [4.69, 9.17) is 0 Å². The maximum absolute atomic E-state index is 12.7. The molecule has 0 unspecified atom stereocenters. The second kappa shape index (κ2) is 8.89. The molecule has 1 aliphatic heterocycles. The van der Waals surface area contributed by atoms with Crippen molar-refractivity contribution >= 4 is 21.4 Å². The molecule has 0 saturated carbocycles. The van der Waals surface area contributed by atoms with Crippen molar-refractivity contribution in [2.75, 3.05) is 29.5 Å². The average molecular weight is 381 g/mol. The van der Waals surface area contributed by atoms with E-state index >= 15 is 0 Å². The van der Waals surface area contributed by atoms with Gasteiger partial charge in [-0.05, 0) is 43.9 Å². The molecule has 0 N–H and O–H groups in total. The number of hydrogen-bond acceptors (Lipinski definition) is 4. The fraction of sp³-hybridized carbons (Fsp3) is 0.650. The molecule has 1 aromatic rings. The maximum Gasteiger partial charge on any atom is 0.223 e. The van der Waals surface area contributed by atoms with Gasteiger partial charge in [0.25, 0.3) is 0 Å². The van der Waals surface area contributed by atoms with Crippen molar-refractivity contribution in [1.82, 2.24) is 4.90 Å². The molecule has 146 valence electrons. The van der Waals surface area contributed by atoms with Gasteiger partial charge in [-0.25, -0.2) is 8.42 Å². The fourth-order valence-electron chi connectivity index (χ4n) is 3.51. The van der Waals surface area contributed by atoms with E-state index in [9.17, 15) is 13.2 Å². The molecule has 0 aliphatic carbocycles. The Morgan fingerprint density at radius 3 is 2.23 bits per heavy atom. The summed E-state index contributed by atoms with van der Waals surface area (Å²) in [5.41, 5.74) is 2.21. The Balaban J connectivity index is 2.17. The summed E-state index contributed by atoms with van der Waals surface area (Å²) in [6, 6.07) is 8.06.